The maximum Gasteiger partial charge on any atom is 0.151 e. The Labute approximate surface area is 213 Å². The molecule has 2 aromatic carbocycles. The summed E-state index contributed by atoms with van der Waals surface area (Å²) in [5, 5.41) is 0. The molecule has 1 saturated carbocycles. The topological polar surface area (TPSA) is 46.0 Å². The molecule has 4 aliphatic rings. The van der Waals surface area contributed by atoms with Crippen LogP contribution in [0, 0.1) is 0 Å². The van der Waals surface area contributed by atoms with Crippen molar-refractivity contribution in [3.8, 4) is 22.6 Å². The third-order valence-electron chi connectivity index (χ3n) is 8.06. The molecular weight excluding hydrogens is 450 g/mol. The molecule has 3 aliphatic heterocycles. The van der Waals surface area contributed by atoms with Crippen molar-refractivity contribution >= 4 is 0 Å². The first-order valence-corrected chi connectivity index (χ1v) is 13.5. The molecular formula is C29H35N5O2. The van der Waals surface area contributed by atoms with Crippen molar-refractivity contribution in [1.82, 2.24) is 24.3 Å². The van der Waals surface area contributed by atoms with Gasteiger partial charge in [-0.25, -0.2) is 4.98 Å². The Bertz CT molecular complexity index is 1200. The van der Waals surface area contributed by atoms with Gasteiger partial charge in [0.2, 0.25) is 0 Å². The van der Waals surface area contributed by atoms with E-state index in [1.165, 1.54) is 55.7 Å². The van der Waals surface area contributed by atoms with Crippen LogP contribution in [0.3, 0.4) is 0 Å². The molecule has 3 aromatic rings. The summed E-state index contributed by atoms with van der Waals surface area (Å²) in [4.78, 5) is 12.5. The molecule has 3 fully saturated rings. The van der Waals surface area contributed by atoms with Crippen LogP contribution in [0.4, 0.5) is 0 Å². The van der Waals surface area contributed by atoms with Crippen LogP contribution in [0.5, 0.6) is 5.75 Å². The summed E-state index contributed by atoms with van der Waals surface area (Å²) in [5.74, 6) is 1.90. The Balaban J connectivity index is 1.02. The van der Waals surface area contributed by atoms with Gasteiger partial charge in [-0.3, -0.25) is 19.3 Å². The van der Waals surface area contributed by atoms with Gasteiger partial charge in [0.15, 0.2) is 5.82 Å². The van der Waals surface area contributed by atoms with Crippen LogP contribution in [-0.4, -0.2) is 82.8 Å². The highest BCUT2D eigenvalue weighted by Crippen LogP contribution is 2.34. The van der Waals surface area contributed by atoms with Crippen molar-refractivity contribution in [2.24, 2.45) is 0 Å². The van der Waals surface area contributed by atoms with E-state index in [-0.39, 0.29) is 0 Å². The molecule has 0 unspecified atom stereocenters. The molecule has 0 atom stereocenters. The van der Waals surface area contributed by atoms with Crippen LogP contribution in [0.2, 0.25) is 0 Å². The molecule has 36 heavy (non-hydrogen) atoms. The van der Waals surface area contributed by atoms with E-state index in [2.05, 4.69) is 67.9 Å². The zero-order valence-corrected chi connectivity index (χ0v) is 20.9. The lowest BCUT2D eigenvalue weighted by molar-refractivity contribution is 0.0337. The van der Waals surface area contributed by atoms with E-state index in [0.29, 0.717) is 6.61 Å². The largest absolute Gasteiger partial charge is 0.483 e. The van der Waals surface area contributed by atoms with Crippen LogP contribution < -0.4 is 4.74 Å². The molecule has 2 saturated heterocycles. The van der Waals surface area contributed by atoms with Crippen LogP contribution in [0.25, 0.3) is 16.8 Å². The zero-order chi connectivity index (χ0) is 23.9. The van der Waals surface area contributed by atoms with E-state index in [0.717, 1.165) is 68.4 Å². The van der Waals surface area contributed by atoms with E-state index in [4.69, 9.17) is 14.5 Å². The van der Waals surface area contributed by atoms with Gasteiger partial charge in [-0.1, -0.05) is 30.3 Å². The quantitative estimate of drug-likeness (QED) is 0.532. The smallest absolute Gasteiger partial charge is 0.151 e. The second-order valence-corrected chi connectivity index (χ2v) is 10.6. The first kappa shape index (κ1) is 22.5. The van der Waals surface area contributed by atoms with Crippen molar-refractivity contribution < 1.29 is 9.47 Å². The summed E-state index contributed by atoms with van der Waals surface area (Å²) in [5.41, 5.74) is 5.98. The number of hydrogen-bond acceptors (Lipinski definition) is 6. The number of morpholine rings is 1. The third-order valence-corrected chi connectivity index (χ3v) is 8.06. The average molecular weight is 486 g/mol. The van der Waals surface area contributed by atoms with Crippen molar-refractivity contribution in [2.45, 2.75) is 38.6 Å². The second kappa shape index (κ2) is 9.63. The Kier molecular flexibility index (Phi) is 6.02. The molecule has 0 N–H and O–H groups in total. The van der Waals surface area contributed by atoms with E-state index >= 15 is 0 Å². The highest BCUT2D eigenvalue weighted by atomic mass is 16.5. The van der Waals surface area contributed by atoms with E-state index < -0.39 is 0 Å². The van der Waals surface area contributed by atoms with Gasteiger partial charge in [-0.2, -0.15) is 0 Å². The van der Waals surface area contributed by atoms with Gasteiger partial charge in [0.1, 0.15) is 12.4 Å². The number of ether oxygens (including phenoxy) is 2. The Morgan fingerprint density at radius 3 is 2.33 bits per heavy atom. The van der Waals surface area contributed by atoms with E-state index in [1.54, 1.807) is 0 Å². The fourth-order valence-corrected chi connectivity index (χ4v) is 5.78. The third kappa shape index (κ3) is 4.68. The highest BCUT2D eigenvalue weighted by molar-refractivity contribution is 5.69. The maximum absolute atomic E-state index is 6.14. The lowest BCUT2D eigenvalue weighted by Gasteiger charge is -2.34. The van der Waals surface area contributed by atoms with Gasteiger partial charge in [0.25, 0.3) is 0 Å². The monoisotopic (exact) mass is 485 g/mol. The highest BCUT2D eigenvalue weighted by Gasteiger charge is 2.31. The average Bonchev–Trinajstić information content (AvgIpc) is 3.69. The number of benzene rings is 2. The number of hydrogen-bond donors (Lipinski definition) is 0. The number of piperazine rings is 1. The van der Waals surface area contributed by atoms with E-state index in [9.17, 15) is 0 Å². The normalized spacial score (nSPS) is 21.1. The van der Waals surface area contributed by atoms with Gasteiger partial charge in [0.05, 0.1) is 24.6 Å². The standard InChI is InChI=1S/C29H35N5O2/c1-3-23(4-2-22(1)18-31-9-11-33(12-10-31)26-6-7-26)24-5-8-27-28(17-24)36-21-29-30-25(20-34(27)29)19-32-13-15-35-16-14-32/h1-5,8,17,20,26H,6-7,9-16,18-19,21H2. The van der Waals surface area contributed by atoms with Crippen molar-refractivity contribution in [3.05, 3.63) is 65.7 Å². The van der Waals surface area contributed by atoms with Crippen molar-refractivity contribution in [2.75, 3.05) is 52.5 Å². The van der Waals surface area contributed by atoms with Crippen LogP contribution >= 0.6 is 0 Å². The summed E-state index contributed by atoms with van der Waals surface area (Å²) in [6.07, 6.45) is 4.99. The molecule has 0 radical (unpaired) electrons. The SMILES string of the molecule is c1cc(-c2ccc3c(c2)OCc2nc(CN4CCOCC4)cn2-3)ccc1CN1CCN(C2CC2)CC1. The minimum atomic E-state index is 0.506. The molecule has 7 heteroatoms. The minimum absolute atomic E-state index is 0.506. The Morgan fingerprint density at radius 1 is 0.806 bits per heavy atom. The van der Waals surface area contributed by atoms with Gasteiger partial charge in [-0.05, 0) is 41.7 Å². The zero-order valence-electron chi connectivity index (χ0n) is 20.9. The molecule has 1 aliphatic carbocycles. The van der Waals surface area contributed by atoms with Gasteiger partial charge in [-0.15, -0.1) is 0 Å². The summed E-state index contributed by atoms with van der Waals surface area (Å²) in [6, 6.07) is 16.5. The van der Waals surface area contributed by atoms with Gasteiger partial charge >= 0.3 is 0 Å². The molecule has 4 heterocycles. The van der Waals surface area contributed by atoms with Crippen LogP contribution in [0.1, 0.15) is 29.9 Å². The van der Waals surface area contributed by atoms with Crippen molar-refractivity contribution in [1.29, 1.82) is 0 Å². The Morgan fingerprint density at radius 2 is 1.56 bits per heavy atom. The lowest BCUT2D eigenvalue weighted by Crippen LogP contribution is -2.46. The summed E-state index contributed by atoms with van der Waals surface area (Å²) in [6.45, 7) is 10.8. The predicted molar refractivity (Wildman–Crippen MR) is 139 cm³/mol. The van der Waals surface area contributed by atoms with Gasteiger partial charge in [0, 0.05) is 64.6 Å². The fourth-order valence-electron chi connectivity index (χ4n) is 5.78. The minimum Gasteiger partial charge on any atom is -0.483 e. The second-order valence-electron chi connectivity index (χ2n) is 10.6. The predicted octanol–water partition coefficient (Wildman–Crippen LogP) is 3.54. The maximum atomic E-state index is 6.14. The number of fused-ring (bicyclic) bond motifs is 3. The summed E-state index contributed by atoms with van der Waals surface area (Å²) >= 11 is 0. The van der Waals surface area contributed by atoms with E-state index in [1.807, 2.05) is 0 Å². The molecule has 188 valence electrons. The summed E-state index contributed by atoms with van der Waals surface area (Å²) < 4.78 is 13.8. The number of rotatable bonds is 6. The number of nitrogens with zero attached hydrogens (tertiary/aromatic N) is 5. The molecule has 0 spiro atoms. The van der Waals surface area contributed by atoms with Crippen molar-refractivity contribution in [3.63, 3.8) is 0 Å². The number of aromatic nitrogens is 2. The molecule has 7 nitrogen and oxygen atoms in total. The first-order valence-electron chi connectivity index (χ1n) is 13.5. The lowest BCUT2D eigenvalue weighted by atomic mass is 10.0. The summed E-state index contributed by atoms with van der Waals surface area (Å²) in [7, 11) is 0. The molecule has 1 aromatic heterocycles. The molecule has 0 bridgehead atoms. The Hall–Kier alpha value is -2.71. The molecule has 0 amide bonds. The van der Waals surface area contributed by atoms with Crippen LogP contribution in [0.15, 0.2) is 48.7 Å². The first-order chi connectivity index (χ1) is 17.8. The molecule has 7 rings (SSSR count). The fraction of sp³-hybridized carbons (Fsp3) is 0.483. The van der Waals surface area contributed by atoms with Crippen LogP contribution in [-0.2, 0) is 24.4 Å². The number of imidazole rings is 1. The van der Waals surface area contributed by atoms with Gasteiger partial charge < -0.3 is 9.47 Å².